The van der Waals surface area contributed by atoms with Crippen molar-refractivity contribution in [2.75, 3.05) is 26.2 Å². The van der Waals surface area contributed by atoms with Gasteiger partial charge in [0.1, 0.15) is 49.0 Å². The maximum absolute atomic E-state index is 14.7. The number of nitrogens with one attached hydrogen (secondary N) is 12. The molecule has 17 N–H and O–H groups in total. The Labute approximate surface area is 596 Å². The number of nitrogens with zero attached hydrogens (tertiary/aromatic N) is 2. The van der Waals surface area contributed by atoms with E-state index in [9.17, 15) is 63.3 Å². The van der Waals surface area contributed by atoms with E-state index in [0.29, 0.717) is 74.7 Å². The summed E-state index contributed by atoms with van der Waals surface area (Å²) in [5.74, 6) is -4.78. The number of fused-ring (bicyclic) bond motifs is 6. The van der Waals surface area contributed by atoms with Gasteiger partial charge in [0.25, 0.3) is 5.91 Å². The SMILES string of the molecule is CCCC[C@H](NC(C)=O)C(=O)N[C@@H](C)C(=O)N[C@@H](Cc1cnc[nH]1)C(=O)N[C@H](Cc1ccccc1)C(=O)N[C@@H](CCCCNC(=O)CN/N=C/C(=O)NCCCNC(=O)CC[C@@H](C)[C@H]1CC[C@H]2[C@@H]3[C@H](O)C[C@@H]4C[C@H](O)CC[C@]4(C)[C@H]3C[C@H](O)[C@]12C)C(=O)N[C@@H](Cc1c[nH]c2ccccc12)C(N)=O. The summed E-state index contributed by atoms with van der Waals surface area (Å²) >= 11 is 0. The number of hydrogen-bond acceptors (Lipinski definition) is 16. The van der Waals surface area contributed by atoms with E-state index in [-0.39, 0.29) is 110 Å². The van der Waals surface area contributed by atoms with Gasteiger partial charge in [-0.25, -0.2) is 4.98 Å². The Balaban J connectivity index is 0.799. The van der Waals surface area contributed by atoms with Gasteiger partial charge in [-0.2, -0.15) is 5.10 Å². The topological polar surface area (TPSA) is 435 Å². The van der Waals surface area contributed by atoms with Crippen molar-refractivity contribution in [2.45, 2.75) is 218 Å². The second-order valence-electron chi connectivity index (χ2n) is 29.3. The largest absolute Gasteiger partial charge is 0.393 e. The molecule has 0 aliphatic heterocycles. The van der Waals surface area contributed by atoms with Crippen LogP contribution >= 0.6 is 0 Å². The van der Waals surface area contributed by atoms with Crippen molar-refractivity contribution in [3.63, 3.8) is 0 Å². The monoisotopic (exact) mass is 1420 g/mol. The molecule has 2 aromatic carbocycles. The molecule has 28 heteroatoms. The Morgan fingerprint density at radius 2 is 1.31 bits per heavy atom. The lowest BCUT2D eigenvalue weighted by Gasteiger charge is -2.63. The van der Waals surface area contributed by atoms with E-state index in [1.54, 1.807) is 36.5 Å². The van der Waals surface area contributed by atoms with Gasteiger partial charge in [-0.3, -0.25) is 47.9 Å². The molecule has 558 valence electrons. The predicted molar refractivity (Wildman–Crippen MR) is 382 cm³/mol. The van der Waals surface area contributed by atoms with Crippen molar-refractivity contribution in [2.24, 2.45) is 57.2 Å². The summed E-state index contributed by atoms with van der Waals surface area (Å²) < 4.78 is 0. The third kappa shape index (κ3) is 21.2. The van der Waals surface area contributed by atoms with Crippen molar-refractivity contribution >= 4 is 76.2 Å². The number of nitrogens with two attached hydrogens (primary N) is 1. The van der Waals surface area contributed by atoms with Crippen LogP contribution in [-0.2, 0) is 67.2 Å². The Morgan fingerprint density at radius 3 is 2.04 bits per heavy atom. The maximum Gasteiger partial charge on any atom is 0.264 e. The molecule has 0 radical (unpaired) electrons. The highest BCUT2D eigenvalue weighted by Gasteiger charge is 2.66. The van der Waals surface area contributed by atoms with Gasteiger partial charge < -0.3 is 84.3 Å². The molecular weight excluding hydrogens is 1310 g/mol. The normalized spacial score (nSPS) is 24.9. The minimum absolute atomic E-state index is 0.000149. The van der Waals surface area contributed by atoms with Crippen molar-refractivity contribution in [1.82, 2.24) is 68.2 Å². The first-order chi connectivity index (χ1) is 48.8. The van der Waals surface area contributed by atoms with Crippen molar-refractivity contribution in [3.8, 4) is 0 Å². The molecule has 102 heavy (non-hydrogen) atoms. The van der Waals surface area contributed by atoms with Gasteiger partial charge in [0.05, 0.1) is 24.6 Å². The summed E-state index contributed by atoms with van der Waals surface area (Å²) in [6.07, 6.45) is 13.5. The molecule has 2 aromatic heterocycles. The average Bonchev–Trinajstić information content (AvgIpc) is 1.39. The molecule has 2 heterocycles. The van der Waals surface area contributed by atoms with Crippen LogP contribution in [0.5, 0.6) is 0 Å². The van der Waals surface area contributed by atoms with E-state index in [1.807, 2.05) is 31.2 Å². The molecule has 0 bridgehead atoms. The third-order valence-electron chi connectivity index (χ3n) is 22.3. The van der Waals surface area contributed by atoms with Crippen LogP contribution in [0.3, 0.4) is 0 Å². The number of hydrazone groups is 1. The molecule has 0 saturated heterocycles. The number of H-pyrrole nitrogens is 2. The molecule has 0 unspecified atom stereocenters. The standard InChI is InChI=1S/C74H109N15O13/c1-7-8-20-56(85-45(4)90)69(99)84-44(3)68(98)88-60(36-49-39-76-42-81-49)72(102)89-59(32-46-17-10-9-11-18-46)71(101)86-57(70(100)87-58(67(75)97)33-47-38-80-55-21-13-12-19-51(47)55)22-14-15-29-78-64(95)40-82-83-41-65(96)79-31-16-30-77-63(94)26-23-43(2)52-24-25-53-66-54(37-62(93)74(52,53)6)73(5)28-27-50(91)34-48(73)35-61(66)92/h9-13,17-19,21,38-39,41-44,48,50,52-54,56-62,66,80,82,91-93H,7-8,14-16,20,22-37,40H2,1-6H3,(H2,75,97)(H,76,81)(H,77,94)(H,78,95)(H,79,96)(H,84,99)(H,85,90)(H,86,101)(H,87,100)(H,88,98)(H,89,102)/b83-41+/t43-,44+,48+,50-,52-,53+,54+,56+,57+,58+,59-,60+,61-,62+,66+,73+,74-/m1/s1. The average molecular weight is 1420 g/mol. The number of primary amides is 1. The summed E-state index contributed by atoms with van der Waals surface area (Å²) in [6.45, 7) is 11.8. The number of aromatic amines is 2. The number of benzene rings is 2. The smallest absolute Gasteiger partial charge is 0.264 e. The van der Waals surface area contributed by atoms with Crippen molar-refractivity contribution < 1.29 is 63.3 Å². The molecule has 4 aromatic rings. The number of aliphatic hydroxyl groups is 3. The lowest BCUT2D eigenvalue weighted by Crippen LogP contribution is -2.62. The Kier molecular flexibility index (Phi) is 29.0. The van der Waals surface area contributed by atoms with Crippen LogP contribution in [0.1, 0.15) is 161 Å². The lowest BCUT2D eigenvalue weighted by molar-refractivity contribution is -0.207. The summed E-state index contributed by atoms with van der Waals surface area (Å²) in [5.41, 5.74) is 10.7. The third-order valence-corrected chi connectivity index (χ3v) is 22.3. The fourth-order valence-corrected chi connectivity index (χ4v) is 16.7. The van der Waals surface area contributed by atoms with Gasteiger partial charge in [0.15, 0.2) is 0 Å². The number of carbonyl (C=O) groups excluding carboxylic acids is 10. The predicted octanol–water partition coefficient (Wildman–Crippen LogP) is 2.41. The number of aliphatic hydroxyl groups excluding tert-OH is 3. The maximum atomic E-state index is 14.7. The fourth-order valence-electron chi connectivity index (χ4n) is 16.7. The van der Waals surface area contributed by atoms with Crippen LogP contribution in [0.15, 0.2) is 78.4 Å². The first kappa shape index (κ1) is 79.0. The number of aromatic nitrogens is 3. The van der Waals surface area contributed by atoms with Crippen LogP contribution in [0.25, 0.3) is 10.9 Å². The quantitative estimate of drug-likeness (QED) is 0.0174. The van der Waals surface area contributed by atoms with Crippen LogP contribution in [-0.4, -0.2) is 176 Å². The van der Waals surface area contributed by atoms with E-state index >= 15 is 0 Å². The molecular formula is C74H109N15O13. The number of imidazole rings is 1. The number of carbonyl (C=O) groups is 10. The molecule has 28 nitrogen and oxygen atoms in total. The molecule has 4 fully saturated rings. The van der Waals surface area contributed by atoms with Crippen LogP contribution in [0, 0.1) is 46.3 Å². The second kappa shape index (κ2) is 37.4. The molecule has 8 rings (SSSR count). The van der Waals surface area contributed by atoms with Crippen LogP contribution < -0.4 is 59.0 Å². The van der Waals surface area contributed by atoms with Gasteiger partial charge in [-0.15, -0.1) is 0 Å². The van der Waals surface area contributed by atoms with Crippen molar-refractivity contribution in [3.05, 3.63) is 90.1 Å². The first-order valence-electron chi connectivity index (χ1n) is 36.5. The summed E-state index contributed by atoms with van der Waals surface area (Å²) in [7, 11) is 0. The Bertz CT molecular complexity index is 3520. The van der Waals surface area contributed by atoms with E-state index in [1.165, 1.54) is 26.4 Å². The zero-order chi connectivity index (χ0) is 73.7. The highest BCUT2D eigenvalue weighted by atomic mass is 16.3. The highest BCUT2D eigenvalue weighted by Crippen LogP contribution is 2.68. The van der Waals surface area contributed by atoms with Gasteiger partial charge in [0, 0.05) is 81.2 Å². The van der Waals surface area contributed by atoms with E-state index in [2.05, 4.69) is 94.1 Å². The fraction of sp³-hybridized carbons (Fsp3) is 0.622. The summed E-state index contributed by atoms with van der Waals surface area (Å²) in [5, 5.41) is 63.5. The highest BCUT2D eigenvalue weighted by molar-refractivity contribution is 6.26. The first-order valence-corrected chi connectivity index (χ1v) is 36.5. The second-order valence-corrected chi connectivity index (χ2v) is 29.3. The van der Waals surface area contributed by atoms with E-state index in [4.69, 9.17) is 5.73 Å². The molecule has 4 aliphatic rings. The lowest BCUT2D eigenvalue weighted by atomic mass is 9.43. The van der Waals surface area contributed by atoms with Gasteiger partial charge >= 0.3 is 0 Å². The van der Waals surface area contributed by atoms with E-state index < -0.39 is 102 Å². The molecule has 10 amide bonds. The molecule has 17 atom stereocenters. The molecule has 4 aliphatic carbocycles. The summed E-state index contributed by atoms with van der Waals surface area (Å²) in [4.78, 5) is 144. The number of amides is 10. The van der Waals surface area contributed by atoms with Gasteiger partial charge in [-0.05, 0) is 154 Å². The van der Waals surface area contributed by atoms with Crippen LogP contribution in [0.4, 0.5) is 0 Å². The number of para-hydroxylation sites is 1. The zero-order valence-electron chi connectivity index (χ0n) is 59.8. The number of rotatable bonds is 38. The number of unbranched alkanes of at least 4 members (excludes halogenated alkanes) is 2. The zero-order valence-corrected chi connectivity index (χ0v) is 59.8. The molecule has 0 spiro atoms. The minimum atomic E-state index is -1.36. The summed E-state index contributed by atoms with van der Waals surface area (Å²) in [6, 6.07) is 8.85. The van der Waals surface area contributed by atoms with Gasteiger partial charge in [0.2, 0.25) is 53.2 Å². The van der Waals surface area contributed by atoms with E-state index in [0.717, 1.165) is 55.6 Å². The Hall–Kier alpha value is -8.76. The van der Waals surface area contributed by atoms with Crippen LogP contribution in [0.2, 0.25) is 0 Å². The van der Waals surface area contributed by atoms with Gasteiger partial charge in [-0.1, -0.05) is 89.1 Å². The Morgan fingerprint density at radius 1 is 0.667 bits per heavy atom. The minimum Gasteiger partial charge on any atom is -0.393 e. The van der Waals surface area contributed by atoms with Crippen molar-refractivity contribution in [1.29, 1.82) is 0 Å². The number of hydrogen-bond donors (Lipinski definition) is 16. The molecule has 4 saturated carbocycles.